The molecule has 1 N–H and O–H groups in total. The van der Waals surface area contributed by atoms with Crippen molar-refractivity contribution >= 4 is 34.7 Å². The van der Waals surface area contributed by atoms with Crippen LogP contribution in [0.5, 0.6) is 0 Å². The number of amides is 2. The van der Waals surface area contributed by atoms with Gasteiger partial charge in [-0.15, -0.1) is 11.3 Å². The van der Waals surface area contributed by atoms with E-state index in [1.54, 1.807) is 42.3 Å². The molecule has 1 aliphatic rings. The zero-order valence-electron chi connectivity index (χ0n) is 13.5. The fourth-order valence-corrected chi connectivity index (χ4v) is 3.14. The van der Waals surface area contributed by atoms with E-state index in [4.69, 9.17) is 0 Å². The molecule has 0 fully saturated rings. The highest BCUT2D eigenvalue weighted by Crippen LogP contribution is 2.17. The molecule has 24 heavy (non-hydrogen) atoms. The summed E-state index contributed by atoms with van der Waals surface area (Å²) in [4.78, 5) is 31.9. The number of amidine groups is 1. The molecule has 2 aromatic rings. The van der Waals surface area contributed by atoms with E-state index >= 15 is 0 Å². The number of rotatable bonds is 4. The smallest absolute Gasteiger partial charge is 0.290 e. The third-order valence-electron chi connectivity index (χ3n) is 3.66. The first-order chi connectivity index (χ1) is 11.6. The van der Waals surface area contributed by atoms with E-state index in [2.05, 4.69) is 10.4 Å². The molecule has 2 heterocycles. The summed E-state index contributed by atoms with van der Waals surface area (Å²) in [5, 5.41) is 3.35. The number of carbonyl (C=O) groups excluding carboxylic acids is 2. The van der Waals surface area contributed by atoms with Gasteiger partial charge in [0.05, 0.1) is 12.2 Å². The number of benzene rings is 1. The van der Waals surface area contributed by atoms with Gasteiger partial charge < -0.3 is 4.90 Å². The molecule has 0 spiro atoms. The van der Waals surface area contributed by atoms with Gasteiger partial charge in [-0.2, -0.15) is 0 Å². The third-order valence-corrected chi connectivity index (χ3v) is 4.52. The average molecular weight is 342 g/mol. The van der Waals surface area contributed by atoms with Gasteiger partial charge in [0.1, 0.15) is 6.04 Å². The molecule has 7 heteroatoms. The first-order valence-electron chi connectivity index (χ1n) is 7.57. The van der Waals surface area contributed by atoms with Gasteiger partial charge in [0.2, 0.25) is 5.84 Å². The Labute approximate surface area is 144 Å². The van der Waals surface area contributed by atoms with E-state index in [1.165, 1.54) is 5.01 Å². The number of hydrogen-bond acceptors (Lipinski definition) is 5. The van der Waals surface area contributed by atoms with Crippen LogP contribution in [-0.2, 0) is 16.1 Å². The molecule has 1 aliphatic heterocycles. The summed E-state index contributed by atoms with van der Waals surface area (Å²) >= 11 is 1.59. The van der Waals surface area contributed by atoms with Crippen LogP contribution in [0.15, 0.2) is 52.8 Å². The number of carbonyl (C=O) groups is 2. The van der Waals surface area contributed by atoms with Crippen molar-refractivity contribution in [1.29, 1.82) is 0 Å². The van der Waals surface area contributed by atoms with Crippen LogP contribution in [-0.4, -0.2) is 35.6 Å². The van der Waals surface area contributed by atoms with Crippen LogP contribution >= 0.6 is 11.3 Å². The van der Waals surface area contributed by atoms with Crippen molar-refractivity contribution in [3.8, 4) is 0 Å². The van der Waals surface area contributed by atoms with Crippen LogP contribution in [0, 0.1) is 0 Å². The van der Waals surface area contributed by atoms with Crippen molar-refractivity contribution in [3.63, 3.8) is 0 Å². The second kappa shape index (κ2) is 6.84. The molecule has 124 valence electrons. The Morgan fingerprint density at radius 1 is 1.29 bits per heavy atom. The fraction of sp³-hybridized carbons (Fsp3) is 0.235. The molecule has 0 saturated carbocycles. The van der Waals surface area contributed by atoms with Crippen LogP contribution in [0.2, 0.25) is 0 Å². The predicted molar refractivity (Wildman–Crippen MR) is 94.8 cm³/mol. The Balaban J connectivity index is 1.78. The fourth-order valence-electron chi connectivity index (χ4n) is 2.39. The van der Waals surface area contributed by atoms with E-state index in [0.29, 0.717) is 12.2 Å². The Bertz CT molecular complexity index is 758. The molecule has 0 aliphatic carbocycles. The standard InChI is InChI=1S/C17H18N4O2S/c1-12-16(22)21(13-7-4-3-5-8-13)19-15(18-12)17(23)20(2)11-14-9-6-10-24-14/h3-10,12H,11H2,1-2H3,(H,18,19)/t12-/m0/s1. The quantitative estimate of drug-likeness (QED) is 0.925. The topological polar surface area (TPSA) is 65.0 Å². The van der Waals surface area contributed by atoms with Crippen molar-refractivity contribution in [2.45, 2.75) is 19.5 Å². The van der Waals surface area contributed by atoms with Crippen molar-refractivity contribution < 1.29 is 9.59 Å². The van der Waals surface area contributed by atoms with Crippen molar-refractivity contribution in [3.05, 3.63) is 52.7 Å². The maximum absolute atomic E-state index is 12.7. The molecule has 1 aromatic heterocycles. The first kappa shape index (κ1) is 16.2. The maximum atomic E-state index is 12.7. The normalized spacial score (nSPS) is 17.2. The average Bonchev–Trinajstić information content (AvgIpc) is 3.10. The lowest BCUT2D eigenvalue weighted by atomic mass is 10.2. The number of likely N-dealkylation sites (N-methyl/N-ethyl adjacent to an activating group) is 1. The lowest BCUT2D eigenvalue weighted by molar-refractivity contribution is -0.124. The summed E-state index contributed by atoms with van der Waals surface area (Å²) in [5.41, 5.74) is 3.53. The zero-order chi connectivity index (χ0) is 17.1. The van der Waals surface area contributed by atoms with E-state index in [9.17, 15) is 9.59 Å². The summed E-state index contributed by atoms with van der Waals surface area (Å²) in [6.45, 7) is 2.19. The molecule has 0 radical (unpaired) electrons. The molecule has 2 amide bonds. The molecular weight excluding hydrogens is 324 g/mol. The van der Waals surface area contributed by atoms with Gasteiger partial charge in [-0.25, -0.2) is 10.0 Å². The first-order valence-corrected chi connectivity index (χ1v) is 8.45. The van der Waals surface area contributed by atoms with Crippen molar-refractivity contribution in [2.75, 3.05) is 12.1 Å². The highest BCUT2D eigenvalue weighted by atomic mass is 32.1. The summed E-state index contributed by atoms with van der Waals surface area (Å²) in [6.07, 6.45) is 0. The Morgan fingerprint density at radius 2 is 2.04 bits per heavy atom. The number of nitrogens with one attached hydrogen (secondary N) is 1. The second-order valence-electron chi connectivity index (χ2n) is 5.52. The SMILES string of the molecule is C[C@@H]1N=C(C(=O)N(C)Cc2cccs2)NN(c2ccccc2)C1=O. The number of thiophene rings is 1. The van der Waals surface area contributed by atoms with Gasteiger partial charge in [0.15, 0.2) is 0 Å². The van der Waals surface area contributed by atoms with Gasteiger partial charge >= 0.3 is 0 Å². The van der Waals surface area contributed by atoms with E-state index in [0.717, 1.165) is 4.88 Å². The number of aliphatic imine (C=N–C) groups is 1. The number of para-hydroxylation sites is 1. The van der Waals surface area contributed by atoms with Crippen molar-refractivity contribution in [1.82, 2.24) is 10.3 Å². The molecule has 0 bridgehead atoms. The number of nitrogens with zero attached hydrogens (tertiary/aromatic N) is 3. The minimum Gasteiger partial charge on any atom is -0.334 e. The minimum absolute atomic E-state index is 0.171. The molecule has 1 atom stereocenters. The van der Waals surface area contributed by atoms with E-state index in [-0.39, 0.29) is 17.6 Å². The summed E-state index contributed by atoms with van der Waals surface area (Å²) < 4.78 is 0. The largest absolute Gasteiger partial charge is 0.334 e. The molecule has 0 unspecified atom stereocenters. The lowest BCUT2D eigenvalue weighted by Crippen LogP contribution is -2.58. The van der Waals surface area contributed by atoms with Gasteiger partial charge in [0, 0.05) is 11.9 Å². The van der Waals surface area contributed by atoms with Crippen LogP contribution in [0.4, 0.5) is 5.69 Å². The predicted octanol–water partition coefficient (Wildman–Crippen LogP) is 2.04. The monoisotopic (exact) mass is 342 g/mol. The van der Waals surface area contributed by atoms with E-state index < -0.39 is 6.04 Å². The van der Waals surface area contributed by atoms with Crippen LogP contribution in [0.3, 0.4) is 0 Å². The zero-order valence-corrected chi connectivity index (χ0v) is 14.3. The molecule has 6 nitrogen and oxygen atoms in total. The minimum atomic E-state index is -0.611. The summed E-state index contributed by atoms with van der Waals surface area (Å²) in [6, 6.07) is 12.5. The lowest BCUT2D eigenvalue weighted by Gasteiger charge is -2.31. The Kier molecular flexibility index (Phi) is 4.61. The highest BCUT2D eigenvalue weighted by Gasteiger charge is 2.31. The number of hydrogen-bond donors (Lipinski definition) is 1. The molecule has 0 saturated heterocycles. The van der Waals surface area contributed by atoms with Crippen LogP contribution in [0.25, 0.3) is 0 Å². The molecular formula is C17H18N4O2S. The number of hydrazine groups is 1. The van der Waals surface area contributed by atoms with Gasteiger partial charge in [-0.1, -0.05) is 24.3 Å². The Hall–Kier alpha value is -2.67. The van der Waals surface area contributed by atoms with Gasteiger partial charge in [-0.3, -0.25) is 15.0 Å². The van der Waals surface area contributed by atoms with Gasteiger partial charge in [0.25, 0.3) is 11.8 Å². The molecule has 1 aromatic carbocycles. The van der Waals surface area contributed by atoms with E-state index in [1.807, 2.05) is 35.7 Å². The Morgan fingerprint density at radius 3 is 2.71 bits per heavy atom. The highest BCUT2D eigenvalue weighted by molar-refractivity contribution is 7.09. The maximum Gasteiger partial charge on any atom is 0.290 e. The third kappa shape index (κ3) is 3.30. The second-order valence-corrected chi connectivity index (χ2v) is 6.55. The van der Waals surface area contributed by atoms with Gasteiger partial charge in [-0.05, 0) is 30.5 Å². The number of anilines is 1. The van der Waals surface area contributed by atoms with Crippen LogP contribution in [0.1, 0.15) is 11.8 Å². The molecule has 3 rings (SSSR count). The summed E-state index contributed by atoms with van der Waals surface area (Å²) in [7, 11) is 1.72. The van der Waals surface area contributed by atoms with Crippen molar-refractivity contribution in [2.24, 2.45) is 4.99 Å². The van der Waals surface area contributed by atoms with Crippen LogP contribution < -0.4 is 10.4 Å². The summed E-state index contributed by atoms with van der Waals surface area (Å²) in [5.74, 6) is -0.271.